The van der Waals surface area contributed by atoms with Crippen molar-refractivity contribution in [1.82, 2.24) is 0 Å². The molecule has 95 valence electrons. The first-order valence-corrected chi connectivity index (χ1v) is 9.56. The molecule has 1 rings (SSSR count). The highest BCUT2D eigenvalue weighted by atomic mass is 32.2. The molecular weight excluding hydrogens is 250 g/mol. The van der Waals surface area contributed by atoms with E-state index < -0.39 is 18.8 Å². The Bertz CT molecular complexity index is 516. The number of rotatable bonds is 2. The Morgan fingerprint density at radius 2 is 1.71 bits per heavy atom. The van der Waals surface area contributed by atoms with Crippen LogP contribution in [-0.4, -0.2) is 17.2 Å². The van der Waals surface area contributed by atoms with E-state index in [1.165, 1.54) is 0 Å². The van der Waals surface area contributed by atoms with Crippen LogP contribution in [0.5, 0.6) is 0 Å². The van der Waals surface area contributed by atoms with E-state index in [1.807, 2.05) is 6.07 Å². The number of benzene rings is 1. The Labute approximate surface area is 106 Å². The first kappa shape index (κ1) is 14.4. The summed E-state index contributed by atoms with van der Waals surface area (Å²) in [5, 5.41) is 6.23. The Kier molecular flexibility index (Phi) is 3.86. The summed E-state index contributed by atoms with van der Waals surface area (Å²) in [4.78, 5) is 0.295. The van der Waals surface area contributed by atoms with E-state index in [4.69, 9.17) is 5.14 Å². The summed E-state index contributed by atoms with van der Waals surface area (Å²) in [6, 6.07) is 5.38. The van der Waals surface area contributed by atoms with Crippen LogP contribution < -0.4 is 10.3 Å². The SMILES string of the molecule is C[Si](C)c1c(C(C)(C)C)cccc1S(N)(=O)=O. The van der Waals surface area contributed by atoms with Crippen LogP contribution >= 0.6 is 0 Å². The molecule has 0 bridgehead atoms. The smallest absolute Gasteiger partial charge is 0.225 e. The maximum absolute atomic E-state index is 11.6. The lowest BCUT2D eigenvalue weighted by atomic mass is 9.87. The molecule has 0 spiro atoms. The van der Waals surface area contributed by atoms with Gasteiger partial charge in [-0.15, -0.1) is 0 Å². The highest BCUT2D eigenvalue weighted by Crippen LogP contribution is 2.23. The minimum absolute atomic E-state index is 0.0715. The van der Waals surface area contributed by atoms with Crippen LogP contribution in [0, 0.1) is 0 Å². The van der Waals surface area contributed by atoms with Crippen molar-refractivity contribution in [2.45, 2.75) is 44.2 Å². The molecule has 5 heteroatoms. The first-order chi connectivity index (χ1) is 7.55. The van der Waals surface area contributed by atoms with Crippen LogP contribution in [-0.2, 0) is 15.4 Å². The number of primary sulfonamides is 1. The van der Waals surface area contributed by atoms with Crippen molar-refractivity contribution in [3.05, 3.63) is 23.8 Å². The zero-order valence-corrected chi connectivity index (χ0v) is 12.9. The average molecular weight is 270 g/mol. The van der Waals surface area contributed by atoms with Crippen molar-refractivity contribution in [3.63, 3.8) is 0 Å². The summed E-state index contributed by atoms with van der Waals surface area (Å²) < 4.78 is 23.3. The number of nitrogens with two attached hydrogens (primary N) is 1. The third kappa shape index (κ3) is 3.17. The predicted molar refractivity (Wildman–Crippen MR) is 73.6 cm³/mol. The molecule has 0 atom stereocenters. The molecule has 2 N–H and O–H groups in total. The molecule has 3 nitrogen and oxygen atoms in total. The average Bonchev–Trinajstić information content (AvgIpc) is 2.13. The molecule has 0 aliphatic rings. The van der Waals surface area contributed by atoms with Crippen molar-refractivity contribution in [1.29, 1.82) is 0 Å². The molecule has 0 aromatic heterocycles. The number of sulfonamides is 1. The van der Waals surface area contributed by atoms with Crippen LogP contribution in [0.15, 0.2) is 23.1 Å². The van der Waals surface area contributed by atoms with Crippen LogP contribution in [0.3, 0.4) is 0 Å². The fraction of sp³-hybridized carbons (Fsp3) is 0.500. The zero-order chi connectivity index (χ0) is 13.4. The molecule has 1 radical (unpaired) electrons. The lowest BCUT2D eigenvalue weighted by Gasteiger charge is -2.26. The van der Waals surface area contributed by atoms with Gasteiger partial charge in [-0.25, -0.2) is 13.6 Å². The van der Waals surface area contributed by atoms with E-state index in [-0.39, 0.29) is 5.41 Å². The van der Waals surface area contributed by atoms with E-state index in [9.17, 15) is 8.42 Å². The molecule has 0 aliphatic carbocycles. The minimum Gasteiger partial charge on any atom is -0.225 e. The third-order valence-electron chi connectivity index (χ3n) is 2.64. The van der Waals surface area contributed by atoms with Crippen molar-refractivity contribution in [2.75, 3.05) is 0 Å². The summed E-state index contributed by atoms with van der Waals surface area (Å²) in [6.07, 6.45) is 0. The van der Waals surface area contributed by atoms with Gasteiger partial charge in [0.15, 0.2) is 0 Å². The van der Waals surface area contributed by atoms with Gasteiger partial charge in [0.25, 0.3) is 0 Å². The topological polar surface area (TPSA) is 60.2 Å². The van der Waals surface area contributed by atoms with Crippen LogP contribution in [0.1, 0.15) is 26.3 Å². The Hall–Kier alpha value is -0.653. The molecule has 1 aromatic rings. The van der Waals surface area contributed by atoms with Gasteiger partial charge in [0.1, 0.15) is 0 Å². The van der Waals surface area contributed by atoms with Gasteiger partial charge in [0.2, 0.25) is 10.0 Å². The predicted octanol–water partition coefficient (Wildman–Crippen LogP) is 1.59. The summed E-state index contributed by atoms with van der Waals surface area (Å²) >= 11 is 0. The lowest BCUT2D eigenvalue weighted by Crippen LogP contribution is -2.38. The second kappa shape index (κ2) is 4.55. The Morgan fingerprint density at radius 3 is 2.06 bits per heavy atom. The van der Waals surface area contributed by atoms with Crippen LogP contribution in [0.25, 0.3) is 0 Å². The highest BCUT2D eigenvalue weighted by Gasteiger charge is 2.25. The Morgan fingerprint density at radius 1 is 1.18 bits per heavy atom. The lowest BCUT2D eigenvalue weighted by molar-refractivity contribution is 0.588. The van der Waals surface area contributed by atoms with Gasteiger partial charge in [-0.2, -0.15) is 0 Å². The van der Waals surface area contributed by atoms with Gasteiger partial charge in [-0.3, -0.25) is 0 Å². The largest absolute Gasteiger partial charge is 0.237 e. The van der Waals surface area contributed by atoms with E-state index in [0.29, 0.717) is 4.90 Å². The molecule has 1 aromatic carbocycles. The maximum atomic E-state index is 11.6. The van der Waals surface area contributed by atoms with E-state index in [2.05, 4.69) is 33.9 Å². The van der Waals surface area contributed by atoms with Gasteiger partial charge in [-0.1, -0.05) is 46.0 Å². The fourth-order valence-electron chi connectivity index (χ4n) is 1.91. The van der Waals surface area contributed by atoms with Crippen LogP contribution in [0.2, 0.25) is 13.1 Å². The van der Waals surface area contributed by atoms with Gasteiger partial charge in [0.05, 0.1) is 13.7 Å². The number of hydrogen-bond donors (Lipinski definition) is 1. The molecule has 0 aliphatic heterocycles. The van der Waals surface area contributed by atoms with Crippen molar-refractivity contribution in [2.24, 2.45) is 5.14 Å². The quantitative estimate of drug-likeness (QED) is 0.830. The van der Waals surface area contributed by atoms with Gasteiger partial charge in [0, 0.05) is 0 Å². The fourth-order valence-corrected chi connectivity index (χ4v) is 5.18. The zero-order valence-electron chi connectivity index (χ0n) is 11.0. The van der Waals surface area contributed by atoms with Crippen molar-refractivity contribution in [3.8, 4) is 0 Å². The summed E-state index contributed by atoms with van der Waals surface area (Å²) in [6.45, 7) is 10.4. The highest BCUT2D eigenvalue weighted by molar-refractivity contribution is 7.89. The second-order valence-corrected chi connectivity index (χ2v) is 9.50. The van der Waals surface area contributed by atoms with Crippen LogP contribution in [0.4, 0.5) is 0 Å². The minimum atomic E-state index is -3.64. The standard InChI is InChI=1S/C12H20NO2SSi/c1-12(2,3)9-7-6-8-10(16(13,14)15)11(9)17(4)5/h6-8H,1-5H3,(H2,13,14,15). The van der Waals surface area contributed by atoms with E-state index in [1.54, 1.807) is 12.1 Å². The Balaban J connectivity index is 3.67. The summed E-state index contributed by atoms with van der Waals surface area (Å²) in [5.74, 6) is 0. The second-order valence-electron chi connectivity index (χ2n) is 5.47. The van der Waals surface area contributed by atoms with Gasteiger partial charge < -0.3 is 0 Å². The van der Waals surface area contributed by atoms with Gasteiger partial charge in [-0.05, 0) is 22.2 Å². The van der Waals surface area contributed by atoms with Gasteiger partial charge >= 0.3 is 0 Å². The first-order valence-electron chi connectivity index (χ1n) is 5.52. The third-order valence-corrected chi connectivity index (χ3v) is 5.31. The summed E-state index contributed by atoms with van der Waals surface area (Å²) in [7, 11) is -4.53. The molecule has 0 unspecified atom stereocenters. The molecule has 0 amide bonds. The van der Waals surface area contributed by atoms with Crippen molar-refractivity contribution >= 4 is 24.0 Å². The van der Waals surface area contributed by atoms with Crippen molar-refractivity contribution < 1.29 is 8.42 Å². The van der Waals surface area contributed by atoms with E-state index >= 15 is 0 Å². The monoisotopic (exact) mass is 270 g/mol. The maximum Gasteiger partial charge on any atom is 0.237 e. The molecule has 17 heavy (non-hydrogen) atoms. The molecule has 0 saturated heterocycles. The molecule has 0 saturated carbocycles. The van der Waals surface area contributed by atoms with E-state index in [0.717, 1.165) is 10.8 Å². The normalized spacial score (nSPS) is 13.1. The molecular formula is C12H20NO2SSi. The molecule has 0 fully saturated rings. The number of hydrogen-bond acceptors (Lipinski definition) is 2. The molecule has 0 heterocycles. The summed E-state index contributed by atoms with van der Waals surface area (Å²) in [5.41, 5.74) is 1.01.